The van der Waals surface area contributed by atoms with E-state index in [9.17, 15) is 14.0 Å². The zero-order valence-corrected chi connectivity index (χ0v) is 10.1. The smallest absolute Gasteiger partial charge is 0.303 e. The summed E-state index contributed by atoms with van der Waals surface area (Å²) in [5, 5.41) is 11.2. The number of carboxylic acids is 1. The van der Waals surface area contributed by atoms with Gasteiger partial charge in [0.15, 0.2) is 0 Å². The topological polar surface area (TPSA) is 66.4 Å². The second kappa shape index (κ2) is 6.74. The summed E-state index contributed by atoms with van der Waals surface area (Å²) < 4.78 is 12.9. The van der Waals surface area contributed by atoms with Gasteiger partial charge in [0.2, 0.25) is 5.91 Å². The fourth-order valence-electron chi connectivity index (χ4n) is 1.63. The summed E-state index contributed by atoms with van der Waals surface area (Å²) >= 11 is 0. The maximum atomic E-state index is 12.9. The molecule has 0 aliphatic carbocycles. The average molecular weight is 253 g/mol. The normalized spacial score (nSPS) is 11.9. The summed E-state index contributed by atoms with van der Waals surface area (Å²) in [7, 11) is 0. The SMILES string of the molecule is CCC(CCC(=O)O)C(=O)Nc1cccc(F)c1. The molecule has 18 heavy (non-hydrogen) atoms. The first-order valence-electron chi connectivity index (χ1n) is 5.81. The molecule has 0 spiro atoms. The van der Waals surface area contributed by atoms with E-state index >= 15 is 0 Å². The van der Waals surface area contributed by atoms with Crippen molar-refractivity contribution in [1.82, 2.24) is 0 Å². The molecule has 1 aromatic carbocycles. The molecule has 5 heteroatoms. The van der Waals surface area contributed by atoms with Crippen LogP contribution >= 0.6 is 0 Å². The van der Waals surface area contributed by atoms with Gasteiger partial charge in [-0.05, 0) is 31.0 Å². The van der Waals surface area contributed by atoms with Crippen LogP contribution in [0.1, 0.15) is 26.2 Å². The largest absolute Gasteiger partial charge is 0.481 e. The Morgan fingerprint density at radius 3 is 2.72 bits per heavy atom. The van der Waals surface area contributed by atoms with Crippen molar-refractivity contribution in [2.24, 2.45) is 5.92 Å². The van der Waals surface area contributed by atoms with Crippen LogP contribution in [0.4, 0.5) is 10.1 Å². The molecule has 0 aromatic heterocycles. The molecule has 1 rings (SSSR count). The van der Waals surface area contributed by atoms with Gasteiger partial charge in [-0.25, -0.2) is 4.39 Å². The highest BCUT2D eigenvalue weighted by atomic mass is 19.1. The first-order chi connectivity index (χ1) is 8.52. The Morgan fingerprint density at radius 1 is 1.44 bits per heavy atom. The van der Waals surface area contributed by atoms with Gasteiger partial charge >= 0.3 is 5.97 Å². The molecular formula is C13H16FNO3. The third-order valence-corrected chi connectivity index (χ3v) is 2.66. The number of aliphatic carboxylic acids is 1. The van der Waals surface area contributed by atoms with Crippen LogP contribution in [0.3, 0.4) is 0 Å². The lowest BCUT2D eigenvalue weighted by molar-refractivity contribution is -0.137. The van der Waals surface area contributed by atoms with Crippen molar-refractivity contribution >= 4 is 17.6 Å². The number of hydrogen-bond acceptors (Lipinski definition) is 2. The van der Waals surface area contributed by atoms with Crippen molar-refractivity contribution in [3.63, 3.8) is 0 Å². The summed E-state index contributed by atoms with van der Waals surface area (Å²) in [5.41, 5.74) is 0.383. The minimum absolute atomic E-state index is 0.0466. The second-order valence-electron chi connectivity index (χ2n) is 4.04. The minimum Gasteiger partial charge on any atom is -0.481 e. The number of carboxylic acid groups (broad SMARTS) is 1. The van der Waals surface area contributed by atoms with E-state index in [1.54, 1.807) is 6.07 Å². The van der Waals surface area contributed by atoms with E-state index in [0.29, 0.717) is 12.1 Å². The Bertz CT molecular complexity index is 434. The Kier molecular flexibility index (Phi) is 5.30. The van der Waals surface area contributed by atoms with Crippen LogP contribution in [0.25, 0.3) is 0 Å². The number of carbonyl (C=O) groups is 2. The molecule has 2 N–H and O–H groups in total. The number of carbonyl (C=O) groups excluding carboxylic acids is 1. The van der Waals surface area contributed by atoms with Crippen LogP contribution in [-0.4, -0.2) is 17.0 Å². The number of nitrogens with one attached hydrogen (secondary N) is 1. The predicted octanol–water partition coefficient (Wildman–Crippen LogP) is 2.66. The van der Waals surface area contributed by atoms with Gasteiger partial charge in [-0.3, -0.25) is 9.59 Å². The van der Waals surface area contributed by atoms with Gasteiger partial charge in [-0.15, -0.1) is 0 Å². The van der Waals surface area contributed by atoms with Crippen molar-refractivity contribution in [2.75, 3.05) is 5.32 Å². The number of halogens is 1. The molecule has 0 bridgehead atoms. The lowest BCUT2D eigenvalue weighted by atomic mass is 9.99. The van der Waals surface area contributed by atoms with Crippen molar-refractivity contribution in [3.05, 3.63) is 30.1 Å². The van der Waals surface area contributed by atoms with Gasteiger partial charge in [-0.2, -0.15) is 0 Å². The number of benzene rings is 1. The number of anilines is 1. The van der Waals surface area contributed by atoms with Crippen LogP contribution in [0.5, 0.6) is 0 Å². The molecule has 0 saturated carbocycles. The summed E-state index contributed by atoms with van der Waals surface area (Å²) in [6, 6.07) is 5.60. The highest BCUT2D eigenvalue weighted by Gasteiger charge is 2.17. The van der Waals surface area contributed by atoms with Gasteiger partial charge in [0.25, 0.3) is 0 Å². The van der Waals surface area contributed by atoms with E-state index in [1.807, 2.05) is 6.92 Å². The van der Waals surface area contributed by atoms with Gasteiger partial charge in [-0.1, -0.05) is 13.0 Å². The Hall–Kier alpha value is -1.91. The maximum Gasteiger partial charge on any atom is 0.303 e. The molecule has 0 aliphatic rings. The van der Waals surface area contributed by atoms with Crippen molar-refractivity contribution < 1.29 is 19.1 Å². The molecule has 0 saturated heterocycles. The third kappa shape index (κ3) is 4.53. The lowest BCUT2D eigenvalue weighted by Crippen LogP contribution is -2.23. The molecule has 1 unspecified atom stereocenters. The average Bonchev–Trinajstić information content (AvgIpc) is 2.29. The molecule has 0 aliphatic heterocycles. The first kappa shape index (κ1) is 14.2. The van der Waals surface area contributed by atoms with Crippen LogP contribution in [0, 0.1) is 11.7 Å². The van der Waals surface area contributed by atoms with Gasteiger partial charge < -0.3 is 10.4 Å². The van der Waals surface area contributed by atoms with E-state index < -0.39 is 11.8 Å². The first-order valence-corrected chi connectivity index (χ1v) is 5.81. The van der Waals surface area contributed by atoms with E-state index in [0.717, 1.165) is 0 Å². The third-order valence-electron chi connectivity index (χ3n) is 2.66. The molecule has 98 valence electrons. The number of hydrogen-bond donors (Lipinski definition) is 2. The van der Waals surface area contributed by atoms with Gasteiger partial charge in [0, 0.05) is 18.0 Å². The molecule has 0 radical (unpaired) electrons. The van der Waals surface area contributed by atoms with Crippen LogP contribution < -0.4 is 5.32 Å². The highest BCUT2D eigenvalue weighted by Crippen LogP contribution is 2.16. The Morgan fingerprint density at radius 2 is 2.17 bits per heavy atom. The molecule has 1 amide bonds. The van der Waals surface area contributed by atoms with E-state index in [4.69, 9.17) is 5.11 Å². The molecule has 1 atom stereocenters. The predicted molar refractivity (Wildman–Crippen MR) is 65.7 cm³/mol. The van der Waals surface area contributed by atoms with Crippen LogP contribution in [-0.2, 0) is 9.59 Å². The second-order valence-corrected chi connectivity index (χ2v) is 4.04. The maximum absolute atomic E-state index is 12.9. The van der Waals surface area contributed by atoms with Crippen molar-refractivity contribution in [1.29, 1.82) is 0 Å². The van der Waals surface area contributed by atoms with Gasteiger partial charge in [0.1, 0.15) is 5.82 Å². The monoisotopic (exact) mass is 253 g/mol. The minimum atomic E-state index is -0.924. The Balaban J connectivity index is 2.59. The van der Waals surface area contributed by atoms with E-state index in [-0.39, 0.29) is 24.7 Å². The highest BCUT2D eigenvalue weighted by molar-refractivity contribution is 5.92. The Labute approximate surface area is 105 Å². The summed E-state index contributed by atoms with van der Waals surface area (Å²) in [4.78, 5) is 22.3. The summed E-state index contributed by atoms with van der Waals surface area (Å²) in [5.74, 6) is -1.99. The van der Waals surface area contributed by atoms with Crippen LogP contribution in [0.2, 0.25) is 0 Å². The number of rotatable bonds is 6. The lowest BCUT2D eigenvalue weighted by Gasteiger charge is -2.13. The molecule has 0 heterocycles. The van der Waals surface area contributed by atoms with E-state index in [2.05, 4.69) is 5.32 Å². The fraction of sp³-hybridized carbons (Fsp3) is 0.385. The zero-order valence-electron chi connectivity index (χ0n) is 10.1. The van der Waals surface area contributed by atoms with E-state index in [1.165, 1.54) is 18.2 Å². The molecule has 4 nitrogen and oxygen atoms in total. The molecule has 1 aromatic rings. The molecular weight excluding hydrogens is 237 g/mol. The summed E-state index contributed by atoms with van der Waals surface area (Å²) in [6.07, 6.45) is 0.788. The van der Waals surface area contributed by atoms with Crippen LogP contribution in [0.15, 0.2) is 24.3 Å². The molecule has 0 fully saturated rings. The fourth-order valence-corrected chi connectivity index (χ4v) is 1.63. The summed E-state index contributed by atoms with van der Waals surface area (Å²) in [6.45, 7) is 1.82. The van der Waals surface area contributed by atoms with Gasteiger partial charge in [0.05, 0.1) is 0 Å². The standard InChI is InChI=1S/C13H16FNO3/c1-2-9(6-7-12(16)17)13(18)15-11-5-3-4-10(14)8-11/h3-5,8-9H,2,6-7H2,1H3,(H,15,18)(H,16,17). The quantitative estimate of drug-likeness (QED) is 0.819. The zero-order chi connectivity index (χ0) is 13.5. The van der Waals surface area contributed by atoms with Crippen molar-refractivity contribution in [2.45, 2.75) is 26.2 Å². The van der Waals surface area contributed by atoms with Crippen molar-refractivity contribution in [3.8, 4) is 0 Å². The number of amides is 1.